The first kappa shape index (κ1) is 16.1. The third-order valence-corrected chi connectivity index (χ3v) is 3.95. The van der Waals surface area contributed by atoms with Crippen molar-refractivity contribution < 1.29 is 9.72 Å². The number of anilines is 1. The van der Waals surface area contributed by atoms with Gasteiger partial charge in [0.1, 0.15) is 6.04 Å². The number of carbonyl (C=O) groups excluding carboxylic acids is 1. The van der Waals surface area contributed by atoms with Crippen molar-refractivity contribution in [2.45, 2.75) is 18.5 Å². The zero-order valence-corrected chi connectivity index (χ0v) is 13.1. The maximum Gasteiger partial charge on any atom is 0.269 e. The van der Waals surface area contributed by atoms with E-state index >= 15 is 0 Å². The second kappa shape index (κ2) is 6.02. The lowest BCUT2D eigenvalue weighted by molar-refractivity contribution is -0.384. The van der Waals surface area contributed by atoms with Crippen LogP contribution in [0, 0.1) is 17.0 Å². The summed E-state index contributed by atoms with van der Waals surface area (Å²) >= 11 is 6.00. The summed E-state index contributed by atoms with van der Waals surface area (Å²) in [6.07, 6.45) is 0. The van der Waals surface area contributed by atoms with Gasteiger partial charge >= 0.3 is 0 Å². The summed E-state index contributed by atoms with van der Waals surface area (Å²) in [5, 5.41) is 12.3. The minimum atomic E-state index is -0.972. The van der Waals surface area contributed by atoms with Crippen LogP contribution in [-0.2, 0) is 4.79 Å². The fourth-order valence-electron chi connectivity index (χ4n) is 2.46. The second-order valence-electron chi connectivity index (χ2n) is 5.25. The summed E-state index contributed by atoms with van der Waals surface area (Å²) < 4.78 is 0. The van der Waals surface area contributed by atoms with Gasteiger partial charge in [-0.2, -0.15) is 5.01 Å². The molecule has 124 valence electrons. The highest BCUT2D eigenvalue weighted by molar-refractivity contribution is 6.34. The standard InChI is InChI=1S/C14H12ClN5O4/c1-7-5-10(21)17-14(16-7)18-19-11(12(22)13(19)15)8-3-2-4-9(6-8)20(23)24/h2-6,11,13H,1H3,(H2,16,17,18,21)/t11-,13+/m0/s1. The number of rotatable bonds is 4. The Morgan fingerprint density at radius 2 is 2.12 bits per heavy atom. The van der Waals surface area contributed by atoms with Crippen molar-refractivity contribution in [3.63, 3.8) is 0 Å². The predicted molar refractivity (Wildman–Crippen MR) is 85.5 cm³/mol. The fourth-order valence-corrected chi connectivity index (χ4v) is 2.74. The number of aryl methyl sites for hydroxylation is 1. The number of nitrogens with zero attached hydrogens (tertiary/aromatic N) is 3. The number of aromatic amines is 1. The molecule has 0 bridgehead atoms. The third-order valence-electron chi connectivity index (χ3n) is 3.53. The molecule has 3 rings (SSSR count). The van der Waals surface area contributed by atoms with Crippen molar-refractivity contribution >= 4 is 29.0 Å². The number of ketones is 1. The van der Waals surface area contributed by atoms with Gasteiger partial charge in [0.2, 0.25) is 5.95 Å². The molecule has 1 saturated heterocycles. The van der Waals surface area contributed by atoms with Gasteiger partial charge in [-0.1, -0.05) is 23.7 Å². The van der Waals surface area contributed by atoms with Crippen LogP contribution in [-0.4, -0.2) is 31.2 Å². The molecule has 2 N–H and O–H groups in total. The Morgan fingerprint density at radius 3 is 2.79 bits per heavy atom. The Bertz CT molecular complexity index is 883. The van der Waals surface area contributed by atoms with Crippen molar-refractivity contribution in [2.75, 3.05) is 5.43 Å². The highest BCUT2D eigenvalue weighted by Gasteiger charge is 2.48. The molecule has 0 amide bonds. The van der Waals surface area contributed by atoms with Gasteiger partial charge in [0.05, 0.1) is 4.92 Å². The molecule has 2 aromatic rings. The number of H-pyrrole nitrogens is 1. The molecule has 10 heteroatoms. The van der Waals surface area contributed by atoms with Gasteiger partial charge in [0, 0.05) is 23.9 Å². The predicted octanol–water partition coefficient (Wildman–Crippen LogP) is 1.50. The van der Waals surface area contributed by atoms with Gasteiger partial charge in [-0.15, -0.1) is 0 Å². The Labute approximate surface area is 140 Å². The van der Waals surface area contributed by atoms with E-state index in [9.17, 15) is 19.7 Å². The van der Waals surface area contributed by atoms with Crippen molar-refractivity contribution in [2.24, 2.45) is 0 Å². The summed E-state index contributed by atoms with van der Waals surface area (Å²) in [5.41, 5.74) is 2.25. The van der Waals surface area contributed by atoms with Crippen molar-refractivity contribution in [3.8, 4) is 0 Å². The van der Waals surface area contributed by atoms with Crippen LogP contribution >= 0.6 is 11.6 Å². The summed E-state index contributed by atoms with van der Waals surface area (Å²) in [6, 6.07) is 6.25. The first-order valence-corrected chi connectivity index (χ1v) is 7.35. The molecule has 0 saturated carbocycles. The smallest absolute Gasteiger partial charge is 0.269 e. The second-order valence-corrected chi connectivity index (χ2v) is 5.66. The molecule has 24 heavy (non-hydrogen) atoms. The Hall–Kier alpha value is -2.78. The monoisotopic (exact) mass is 349 g/mol. The minimum Gasteiger partial charge on any atom is -0.294 e. The molecule has 0 aliphatic carbocycles. The van der Waals surface area contributed by atoms with E-state index in [4.69, 9.17) is 11.6 Å². The maximum absolute atomic E-state index is 12.1. The van der Waals surface area contributed by atoms with Gasteiger partial charge < -0.3 is 0 Å². The first-order valence-electron chi connectivity index (χ1n) is 6.92. The van der Waals surface area contributed by atoms with Gasteiger partial charge in [-0.05, 0) is 12.5 Å². The number of hydrazine groups is 1. The highest BCUT2D eigenvalue weighted by atomic mass is 35.5. The van der Waals surface area contributed by atoms with Crippen LogP contribution in [0.2, 0.25) is 0 Å². The molecule has 0 radical (unpaired) electrons. The Kier molecular flexibility index (Phi) is 4.04. The number of nitrogens with one attached hydrogen (secondary N) is 2. The van der Waals surface area contributed by atoms with Crippen molar-refractivity contribution in [1.29, 1.82) is 0 Å². The molecule has 1 aromatic carbocycles. The number of carbonyl (C=O) groups is 1. The molecule has 1 aliphatic heterocycles. The normalized spacial score (nSPS) is 20.5. The van der Waals surface area contributed by atoms with Gasteiger partial charge in [0.15, 0.2) is 11.3 Å². The Balaban J connectivity index is 1.90. The van der Waals surface area contributed by atoms with Crippen LogP contribution in [0.25, 0.3) is 0 Å². The molecular weight excluding hydrogens is 338 g/mol. The van der Waals surface area contributed by atoms with E-state index in [0.717, 1.165) is 0 Å². The zero-order valence-electron chi connectivity index (χ0n) is 12.4. The largest absolute Gasteiger partial charge is 0.294 e. The first-order chi connectivity index (χ1) is 11.4. The molecule has 2 atom stereocenters. The van der Waals surface area contributed by atoms with Crippen LogP contribution < -0.4 is 11.0 Å². The van der Waals surface area contributed by atoms with Crippen LogP contribution in [0.4, 0.5) is 11.6 Å². The summed E-state index contributed by atoms with van der Waals surface area (Å²) in [4.78, 5) is 40.5. The molecule has 0 unspecified atom stereocenters. The van der Waals surface area contributed by atoms with E-state index in [2.05, 4.69) is 15.4 Å². The molecule has 1 aromatic heterocycles. The van der Waals surface area contributed by atoms with E-state index in [1.165, 1.54) is 29.3 Å². The fraction of sp³-hybridized carbons (Fsp3) is 0.214. The number of non-ortho nitro benzene ring substituents is 1. The number of hydrogen-bond acceptors (Lipinski definition) is 7. The minimum absolute atomic E-state index is 0.125. The van der Waals surface area contributed by atoms with Crippen LogP contribution in [0.3, 0.4) is 0 Å². The van der Waals surface area contributed by atoms with Crippen molar-refractivity contribution in [1.82, 2.24) is 15.0 Å². The molecule has 1 fully saturated rings. The quantitative estimate of drug-likeness (QED) is 0.371. The van der Waals surface area contributed by atoms with E-state index in [-0.39, 0.29) is 23.0 Å². The maximum atomic E-state index is 12.1. The summed E-state index contributed by atoms with van der Waals surface area (Å²) in [5.74, 6) is -0.173. The number of nitro benzene ring substituents is 1. The topological polar surface area (TPSA) is 121 Å². The SMILES string of the molecule is Cc1cc(=O)[nH]c(NN2[C@@H](c3cccc([N+](=O)[O-])c3)C(=O)[C@@H]2Cl)n1. The number of nitro groups is 1. The number of aromatic nitrogens is 2. The molecule has 1 aliphatic rings. The van der Waals surface area contributed by atoms with Crippen LogP contribution in [0.5, 0.6) is 0 Å². The number of hydrogen-bond donors (Lipinski definition) is 2. The highest BCUT2D eigenvalue weighted by Crippen LogP contribution is 2.37. The Morgan fingerprint density at radius 1 is 1.38 bits per heavy atom. The van der Waals surface area contributed by atoms with Gasteiger partial charge in [0.25, 0.3) is 11.2 Å². The number of Topliss-reactive ketones (excluding diaryl/α,β-unsaturated/α-hetero) is 1. The average molecular weight is 350 g/mol. The van der Waals surface area contributed by atoms with Crippen molar-refractivity contribution in [3.05, 3.63) is 62.1 Å². The van der Waals surface area contributed by atoms with Crippen LogP contribution in [0.15, 0.2) is 35.1 Å². The van der Waals surface area contributed by atoms with E-state index in [1.807, 2.05) is 0 Å². The number of halogens is 1. The molecule has 0 spiro atoms. The van der Waals surface area contributed by atoms with Gasteiger partial charge in [-0.3, -0.25) is 30.1 Å². The van der Waals surface area contributed by atoms with Gasteiger partial charge in [-0.25, -0.2) is 4.98 Å². The average Bonchev–Trinajstić information content (AvgIpc) is 2.53. The number of alkyl halides is 1. The lowest BCUT2D eigenvalue weighted by Gasteiger charge is -2.43. The number of benzene rings is 1. The molecular formula is C14H12ClN5O4. The molecule has 9 nitrogen and oxygen atoms in total. The lowest BCUT2D eigenvalue weighted by atomic mass is 9.94. The van der Waals surface area contributed by atoms with E-state index in [0.29, 0.717) is 11.3 Å². The third kappa shape index (κ3) is 2.86. The van der Waals surface area contributed by atoms with Crippen LogP contribution in [0.1, 0.15) is 17.3 Å². The molecule has 2 heterocycles. The summed E-state index contributed by atoms with van der Waals surface area (Å²) in [6.45, 7) is 1.65. The lowest BCUT2D eigenvalue weighted by Crippen LogP contribution is -2.59. The van der Waals surface area contributed by atoms with E-state index < -0.39 is 16.5 Å². The zero-order chi connectivity index (χ0) is 17.4. The summed E-state index contributed by atoms with van der Waals surface area (Å²) in [7, 11) is 0. The van der Waals surface area contributed by atoms with E-state index in [1.54, 1.807) is 13.0 Å².